The number of carbonyl (C=O) groups is 2. The molecule has 1 fully saturated rings. The second-order valence-corrected chi connectivity index (χ2v) is 5.70. The quantitative estimate of drug-likeness (QED) is 0.808. The van der Waals surface area contributed by atoms with E-state index in [4.69, 9.17) is 4.74 Å². The molecule has 5 nitrogen and oxygen atoms in total. The first-order chi connectivity index (χ1) is 11.1. The van der Waals surface area contributed by atoms with Crippen LogP contribution in [0.25, 0.3) is 0 Å². The van der Waals surface area contributed by atoms with Crippen molar-refractivity contribution in [1.82, 2.24) is 10.2 Å². The number of ether oxygens (including phenoxy) is 1. The minimum absolute atomic E-state index is 0.0126. The van der Waals surface area contributed by atoms with E-state index >= 15 is 0 Å². The smallest absolute Gasteiger partial charge is 0.225 e. The monoisotopic (exact) mass is 322 g/mol. The molecule has 1 heterocycles. The number of hydrogen-bond donors (Lipinski definition) is 1. The molecule has 2 amide bonds. The number of halogens is 1. The summed E-state index contributed by atoms with van der Waals surface area (Å²) in [6, 6.07) is 6.26. The van der Waals surface area contributed by atoms with Gasteiger partial charge in [0.1, 0.15) is 5.82 Å². The maximum Gasteiger partial charge on any atom is 0.225 e. The van der Waals surface area contributed by atoms with Crippen molar-refractivity contribution in [2.75, 3.05) is 33.4 Å². The molecule has 1 aromatic carbocycles. The van der Waals surface area contributed by atoms with E-state index < -0.39 is 0 Å². The summed E-state index contributed by atoms with van der Waals surface area (Å²) in [5, 5.41) is 2.82. The van der Waals surface area contributed by atoms with E-state index in [1.807, 2.05) is 6.07 Å². The Morgan fingerprint density at radius 1 is 1.39 bits per heavy atom. The molecule has 126 valence electrons. The number of nitrogens with one attached hydrogen (secondary N) is 1. The van der Waals surface area contributed by atoms with Gasteiger partial charge in [-0.05, 0) is 17.7 Å². The van der Waals surface area contributed by atoms with Crippen molar-refractivity contribution < 1.29 is 18.7 Å². The molecule has 1 N–H and O–H groups in total. The third-order valence-electron chi connectivity index (χ3n) is 4.19. The molecule has 0 saturated carbocycles. The van der Waals surface area contributed by atoms with E-state index in [0.29, 0.717) is 32.7 Å². The summed E-state index contributed by atoms with van der Waals surface area (Å²) in [4.78, 5) is 26.1. The number of likely N-dealkylation sites (tertiary alicyclic amines) is 1. The molecule has 6 heteroatoms. The predicted molar refractivity (Wildman–Crippen MR) is 84.4 cm³/mol. The average Bonchev–Trinajstić information content (AvgIpc) is 2.99. The Bertz CT molecular complexity index is 565. The average molecular weight is 322 g/mol. The van der Waals surface area contributed by atoms with Gasteiger partial charge in [0.05, 0.1) is 12.5 Å². The molecule has 0 radical (unpaired) electrons. The minimum Gasteiger partial charge on any atom is -0.383 e. The summed E-state index contributed by atoms with van der Waals surface area (Å²) in [5.74, 6) is -1.00. The fraction of sp³-hybridized carbons (Fsp3) is 0.529. The summed E-state index contributed by atoms with van der Waals surface area (Å²) < 4.78 is 18.5. The van der Waals surface area contributed by atoms with Gasteiger partial charge in [0.25, 0.3) is 0 Å². The van der Waals surface area contributed by atoms with Crippen LogP contribution in [0.5, 0.6) is 0 Å². The van der Waals surface area contributed by atoms with Gasteiger partial charge in [-0.1, -0.05) is 19.1 Å². The lowest BCUT2D eigenvalue weighted by Crippen LogP contribution is -2.37. The van der Waals surface area contributed by atoms with E-state index in [-0.39, 0.29) is 29.5 Å². The molecule has 2 rings (SSSR count). The number of nitrogens with zero attached hydrogens (tertiary/aromatic N) is 1. The van der Waals surface area contributed by atoms with Crippen LogP contribution in [0.4, 0.5) is 4.39 Å². The van der Waals surface area contributed by atoms with Crippen LogP contribution in [0.1, 0.15) is 24.8 Å². The topological polar surface area (TPSA) is 58.6 Å². The van der Waals surface area contributed by atoms with Crippen LogP contribution < -0.4 is 5.32 Å². The van der Waals surface area contributed by atoms with Gasteiger partial charge in [-0.25, -0.2) is 4.39 Å². The molecule has 1 aromatic rings. The van der Waals surface area contributed by atoms with Crippen LogP contribution in [0.3, 0.4) is 0 Å². The van der Waals surface area contributed by atoms with Crippen molar-refractivity contribution in [2.24, 2.45) is 5.92 Å². The van der Waals surface area contributed by atoms with Crippen molar-refractivity contribution in [1.29, 1.82) is 0 Å². The highest BCUT2D eigenvalue weighted by Gasteiger charge is 2.39. The van der Waals surface area contributed by atoms with Crippen molar-refractivity contribution in [3.8, 4) is 0 Å². The number of methoxy groups -OCH3 is 1. The molecular formula is C17H23FN2O3. The van der Waals surface area contributed by atoms with E-state index in [1.54, 1.807) is 25.0 Å². The highest BCUT2D eigenvalue weighted by Crippen LogP contribution is 2.33. The Hall–Kier alpha value is -1.95. The number of rotatable bonds is 6. The van der Waals surface area contributed by atoms with E-state index in [9.17, 15) is 14.0 Å². The van der Waals surface area contributed by atoms with Gasteiger partial charge in [-0.2, -0.15) is 0 Å². The Kier molecular flexibility index (Phi) is 6.10. The van der Waals surface area contributed by atoms with Crippen LogP contribution >= 0.6 is 0 Å². The first kappa shape index (κ1) is 17.4. The standard InChI is InChI=1S/C17H23FN2O3/c1-3-16(21)20-10-14(12-5-4-6-13(18)9-12)15(11-20)17(22)19-7-8-23-2/h4-6,9,14-15H,3,7-8,10-11H2,1-2H3,(H,19,22)/t14-,15+/m0/s1. The van der Waals surface area contributed by atoms with Gasteiger partial charge in [-0.15, -0.1) is 0 Å². The number of carbonyl (C=O) groups excluding carboxylic acids is 2. The molecule has 2 atom stereocenters. The molecule has 0 spiro atoms. The Morgan fingerprint density at radius 2 is 2.17 bits per heavy atom. The lowest BCUT2D eigenvalue weighted by atomic mass is 9.88. The number of benzene rings is 1. The summed E-state index contributed by atoms with van der Waals surface area (Å²) >= 11 is 0. The normalized spacial score (nSPS) is 20.6. The number of hydrogen-bond acceptors (Lipinski definition) is 3. The van der Waals surface area contributed by atoms with Gasteiger partial charge < -0.3 is 15.0 Å². The molecule has 1 aliphatic heterocycles. The van der Waals surface area contributed by atoms with Gasteiger partial charge in [0.15, 0.2) is 0 Å². The van der Waals surface area contributed by atoms with Crippen LogP contribution in [0.15, 0.2) is 24.3 Å². The zero-order chi connectivity index (χ0) is 16.8. The van der Waals surface area contributed by atoms with E-state index in [0.717, 1.165) is 5.56 Å². The predicted octanol–water partition coefficient (Wildman–Crippen LogP) is 1.54. The molecule has 1 saturated heterocycles. The fourth-order valence-corrected chi connectivity index (χ4v) is 2.98. The minimum atomic E-state index is -0.371. The summed E-state index contributed by atoms with van der Waals surface area (Å²) in [6.45, 7) is 3.46. The van der Waals surface area contributed by atoms with Crippen molar-refractivity contribution in [3.63, 3.8) is 0 Å². The van der Waals surface area contributed by atoms with Gasteiger partial charge >= 0.3 is 0 Å². The van der Waals surface area contributed by atoms with Crippen molar-refractivity contribution in [2.45, 2.75) is 19.3 Å². The Morgan fingerprint density at radius 3 is 2.83 bits per heavy atom. The van der Waals surface area contributed by atoms with Crippen LogP contribution in [-0.2, 0) is 14.3 Å². The molecule has 23 heavy (non-hydrogen) atoms. The maximum absolute atomic E-state index is 13.5. The zero-order valence-electron chi connectivity index (χ0n) is 13.5. The van der Waals surface area contributed by atoms with Crippen LogP contribution in [-0.4, -0.2) is 50.1 Å². The third kappa shape index (κ3) is 4.28. The van der Waals surface area contributed by atoms with E-state index in [2.05, 4.69) is 5.32 Å². The van der Waals surface area contributed by atoms with Crippen molar-refractivity contribution >= 4 is 11.8 Å². The zero-order valence-corrected chi connectivity index (χ0v) is 13.5. The molecule has 0 aromatic heterocycles. The lowest BCUT2D eigenvalue weighted by molar-refractivity contribution is -0.130. The second-order valence-electron chi connectivity index (χ2n) is 5.70. The van der Waals surface area contributed by atoms with Crippen molar-refractivity contribution in [3.05, 3.63) is 35.6 Å². The highest BCUT2D eigenvalue weighted by molar-refractivity contribution is 5.83. The van der Waals surface area contributed by atoms with Gasteiger partial charge in [0, 0.05) is 39.1 Å². The second kappa shape index (κ2) is 8.06. The molecule has 0 aliphatic carbocycles. The third-order valence-corrected chi connectivity index (χ3v) is 4.19. The summed E-state index contributed by atoms with van der Waals surface area (Å²) in [7, 11) is 1.57. The Labute approximate surface area is 135 Å². The van der Waals surface area contributed by atoms with Gasteiger partial charge in [0.2, 0.25) is 11.8 Å². The largest absolute Gasteiger partial charge is 0.383 e. The first-order valence-electron chi connectivity index (χ1n) is 7.86. The summed E-state index contributed by atoms with van der Waals surface area (Å²) in [5.41, 5.74) is 0.753. The molecular weight excluding hydrogens is 299 g/mol. The first-order valence-corrected chi connectivity index (χ1v) is 7.86. The Balaban J connectivity index is 2.17. The molecule has 0 unspecified atom stereocenters. The highest BCUT2D eigenvalue weighted by atomic mass is 19.1. The van der Waals surface area contributed by atoms with Crippen LogP contribution in [0, 0.1) is 11.7 Å². The lowest BCUT2D eigenvalue weighted by Gasteiger charge is -2.18. The molecule has 1 aliphatic rings. The van der Waals surface area contributed by atoms with E-state index in [1.165, 1.54) is 12.1 Å². The molecule has 0 bridgehead atoms. The SMILES string of the molecule is CCC(=O)N1C[C@@H](C(=O)NCCOC)[C@H](c2cccc(F)c2)C1. The fourth-order valence-electron chi connectivity index (χ4n) is 2.98. The number of amides is 2. The van der Waals surface area contributed by atoms with Crippen LogP contribution in [0.2, 0.25) is 0 Å². The maximum atomic E-state index is 13.5. The van der Waals surface area contributed by atoms with Gasteiger partial charge in [-0.3, -0.25) is 9.59 Å². The summed E-state index contributed by atoms with van der Waals surface area (Å²) in [6.07, 6.45) is 0.397.